The number of hydrogen-bond donors (Lipinski definition) is 2. The highest BCUT2D eigenvalue weighted by Gasteiger charge is 2.22. The Morgan fingerprint density at radius 1 is 1.18 bits per heavy atom. The SMILES string of the molecule is O=C(O)c1ccc(F)c(S(=O)(=O)Nc2cccc(Cl)c2Cl)c1. The largest absolute Gasteiger partial charge is 0.478 e. The van der Waals surface area contributed by atoms with Gasteiger partial charge in [0.05, 0.1) is 21.3 Å². The molecular weight excluding hydrogens is 356 g/mol. The Morgan fingerprint density at radius 2 is 1.86 bits per heavy atom. The number of carbonyl (C=O) groups is 1. The zero-order valence-corrected chi connectivity index (χ0v) is 13.0. The summed E-state index contributed by atoms with van der Waals surface area (Å²) in [6, 6.07) is 6.69. The molecule has 22 heavy (non-hydrogen) atoms. The van der Waals surface area contributed by atoms with Gasteiger partial charge in [0.2, 0.25) is 0 Å². The Morgan fingerprint density at radius 3 is 2.50 bits per heavy atom. The van der Waals surface area contributed by atoms with Crippen molar-refractivity contribution in [3.8, 4) is 0 Å². The quantitative estimate of drug-likeness (QED) is 0.868. The van der Waals surface area contributed by atoms with E-state index in [1.807, 2.05) is 0 Å². The van der Waals surface area contributed by atoms with Gasteiger partial charge in [-0.3, -0.25) is 4.72 Å². The van der Waals surface area contributed by atoms with Crippen LogP contribution in [0.2, 0.25) is 10.0 Å². The second-order valence-corrected chi connectivity index (χ2v) is 6.59. The fourth-order valence-corrected chi connectivity index (χ4v) is 3.20. The first-order chi connectivity index (χ1) is 10.2. The van der Waals surface area contributed by atoms with E-state index in [1.54, 1.807) is 0 Å². The van der Waals surface area contributed by atoms with Crippen molar-refractivity contribution in [2.24, 2.45) is 0 Å². The molecule has 9 heteroatoms. The summed E-state index contributed by atoms with van der Waals surface area (Å²) in [5, 5.41) is 8.92. The number of sulfonamides is 1. The number of aromatic carboxylic acids is 1. The van der Waals surface area contributed by atoms with Crippen molar-refractivity contribution in [2.75, 3.05) is 4.72 Å². The first kappa shape index (κ1) is 16.5. The van der Waals surface area contributed by atoms with Crippen LogP contribution in [0.15, 0.2) is 41.3 Å². The van der Waals surface area contributed by atoms with Crippen molar-refractivity contribution in [1.82, 2.24) is 0 Å². The standard InChI is InChI=1S/C13H8Cl2FNO4S/c14-8-2-1-3-10(12(8)15)17-22(20,21)11-6-7(13(18)19)4-5-9(11)16/h1-6,17H,(H,18,19). The lowest BCUT2D eigenvalue weighted by Gasteiger charge is -2.11. The zero-order chi connectivity index (χ0) is 16.5. The van der Waals surface area contributed by atoms with E-state index in [9.17, 15) is 17.6 Å². The number of benzene rings is 2. The molecule has 2 aromatic carbocycles. The molecule has 0 radical (unpaired) electrons. The van der Waals surface area contributed by atoms with E-state index < -0.39 is 26.7 Å². The van der Waals surface area contributed by atoms with E-state index in [-0.39, 0.29) is 21.3 Å². The van der Waals surface area contributed by atoms with Crippen molar-refractivity contribution in [3.05, 3.63) is 57.8 Å². The van der Waals surface area contributed by atoms with Crippen LogP contribution in [-0.2, 0) is 10.0 Å². The van der Waals surface area contributed by atoms with Gasteiger partial charge in [0, 0.05) is 0 Å². The fraction of sp³-hybridized carbons (Fsp3) is 0. The van der Waals surface area contributed by atoms with Crippen LogP contribution in [0.25, 0.3) is 0 Å². The monoisotopic (exact) mass is 363 g/mol. The van der Waals surface area contributed by atoms with Crippen molar-refractivity contribution in [1.29, 1.82) is 0 Å². The third-order valence-corrected chi connectivity index (χ3v) is 4.86. The molecule has 116 valence electrons. The van der Waals surface area contributed by atoms with Crippen LogP contribution in [0.4, 0.5) is 10.1 Å². The normalized spacial score (nSPS) is 11.2. The summed E-state index contributed by atoms with van der Waals surface area (Å²) < 4.78 is 40.2. The van der Waals surface area contributed by atoms with Gasteiger partial charge in [0.15, 0.2) is 0 Å². The molecule has 0 bridgehead atoms. The Labute approximate surface area is 135 Å². The summed E-state index contributed by atoms with van der Waals surface area (Å²) in [5.74, 6) is -2.46. The van der Waals surface area contributed by atoms with Crippen LogP contribution in [0, 0.1) is 5.82 Å². The second kappa shape index (κ2) is 6.12. The van der Waals surface area contributed by atoms with Crippen LogP contribution in [0.5, 0.6) is 0 Å². The van der Waals surface area contributed by atoms with Crippen molar-refractivity contribution in [3.63, 3.8) is 0 Å². The van der Waals surface area contributed by atoms with E-state index in [1.165, 1.54) is 18.2 Å². The topological polar surface area (TPSA) is 83.5 Å². The molecule has 0 atom stereocenters. The first-order valence-corrected chi connectivity index (χ1v) is 7.96. The van der Waals surface area contributed by atoms with Crippen molar-refractivity contribution in [2.45, 2.75) is 4.90 Å². The van der Waals surface area contributed by atoms with Gasteiger partial charge in [-0.1, -0.05) is 29.3 Å². The molecule has 0 saturated carbocycles. The molecule has 2 aromatic rings. The summed E-state index contributed by atoms with van der Waals surface area (Å²) in [5.41, 5.74) is -0.409. The Hall–Kier alpha value is -1.83. The predicted octanol–water partition coefficient (Wildman–Crippen LogP) is 3.63. The molecule has 0 aliphatic heterocycles. The molecule has 2 rings (SSSR count). The van der Waals surface area contributed by atoms with E-state index >= 15 is 0 Å². The zero-order valence-electron chi connectivity index (χ0n) is 10.7. The number of rotatable bonds is 4. The number of halogens is 3. The van der Waals surface area contributed by atoms with Gasteiger partial charge in [-0.15, -0.1) is 0 Å². The molecule has 5 nitrogen and oxygen atoms in total. The van der Waals surface area contributed by atoms with Crippen LogP contribution in [0.3, 0.4) is 0 Å². The number of hydrogen-bond acceptors (Lipinski definition) is 3. The maximum absolute atomic E-state index is 13.7. The van der Waals surface area contributed by atoms with Gasteiger partial charge >= 0.3 is 5.97 Å². The van der Waals surface area contributed by atoms with Gasteiger partial charge < -0.3 is 5.11 Å². The third-order valence-electron chi connectivity index (χ3n) is 2.66. The maximum Gasteiger partial charge on any atom is 0.335 e. The van der Waals surface area contributed by atoms with Crippen LogP contribution >= 0.6 is 23.2 Å². The number of nitrogens with one attached hydrogen (secondary N) is 1. The average Bonchev–Trinajstić information content (AvgIpc) is 2.43. The molecule has 0 aromatic heterocycles. The molecule has 0 spiro atoms. The van der Waals surface area contributed by atoms with Gasteiger partial charge in [-0.05, 0) is 30.3 Å². The van der Waals surface area contributed by atoms with Crippen molar-refractivity contribution < 1.29 is 22.7 Å². The highest BCUT2D eigenvalue weighted by molar-refractivity contribution is 7.92. The number of carboxylic acids is 1. The smallest absolute Gasteiger partial charge is 0.335 e. The summed E-state index contributed by atoms with van der Waals surface area (Å²) in [4.78, 5) is 10.1. The third kappa shape index (κ3) is 3.32. The summed E-state index contributed by atoms with van der Waals surface area (Å²) in [7, 11) is -4.37. The van der Waals surface area contributed by atoms with Gasteiger partial charge in [-0.25, -0.2) is 17.6 Å². The molecule has 0 heterocycles. The summed E-state index contributed by atoms with van der Waals surface area (Å²) in [6.07, 6.45) is 0. The minimum atomic E-state index is -4.37. The fourth-order valence-electron chi connectivity index (χ4n) is 1.62. The highest BCUT2D eigenvalue weighted by atomic mass is 35.5. The predicted molar refractivity (Wildman–Crippen MR) is 80.6 cm³/mol. The molecule has 2 N–H and O–H groups in total. The highest BCUT2D eigenvalue weighted by Crippen LogP contribution is 2.31. The molecule has 0 unspecified atom stereocenters. The minimum Gasteiger partial charge on any atom is -0.478 e. The van der Waals surface area contributed by atoms with Crippen LogP contribution in [-0.4, -0.2) is 19.5 Å². The Bertz CT molecular complexity index is 855. The molecular formula is C13H8Cl2FNO4S. The lowest BCUT2D eigenvalue weighted by Crippen LogP contribution is -2.16. The number of carboxylic acid groups (broad SMARTS) is 1. The van der Waals surface area contributed by atoms with E-state index in [2.05, 4.69) is 4.72 Å². The first-order valence-electron chi connectivity index (χ1n) is 5.72. The lowest BCUT2D eigenvalue weighted by atomic mass is 10.2. The lowest BCUT2D eigenvalue weighted by molar-refractivity contribution is 0.0696. The number of anilines is 1. The Kier molecular flexibility index (Phi) is 4.60. The van der Waals surface area contributed by atoms with E-state index in [4.69, 9.17) is 28.3 Å². The summed E-state index contributed by atoms with van der Waals surface area (Å²) >= 11 is 11.6. The molecule has 0 fully saturated rings. The van der Waals surface area contributed by atoms with Gasteiger partial charge in [-0.2, -0.15) is 0 Å². The van der Waals surface area contributed by atoms with Gasteiger partial charge in [0.1, 0.15) is 10.7 Å². The van der Waals surface area contributed by atoms with E-state index in [0.29, 0.717) is 0 Å². The Balaban J connectivity index is 2.49. The maximum atomic E-state index is 13.7. The average molecular weight is 364 g/mol. The van der Waals surface area contributed by atoms with Crippen molar-refractivity contribution >= 4 is 44.9 Å². The molecule has 0 saturated heterocycles. The second-order valence-electron chi connectivity index (χ2n) is 4.16. The van der Waals surface area contributed by atoms with Crippen LogP contribution < -0.4 is 4.72 Å². The van der Waals surface area contributed by atoms with Gasteiger partial charge in [0.25, 0.3) is 10.0 Å². The van der Waals surface area contributed by atoms with E-state index in [0.717, 1.165) is 18.2 Å². The summed E-state index contributed by atoms with van der Waals surface area (Å²) in [6.45, 7) is 0. The molecule has 0 aliphatic rings. The molecule has 0 amide bonds. The van der Waals surface area contributed by atoms with Crippen LogP contribution in [0.1, 0.15) is 10.4 Å². The molecule has 0 aliphatic carbocycles. The minimum absolute atomic E-state index is 0.0469.